The van der Waals surface area contributed by atoms with Crippen LogP contribution in [0.1, 0.15) is 45.4 Å². The lowest BCUT2D eigenvalue weighted by molar-refractivity contribution is 0.494. The van der Waals surface area contributed by atoms with Crippen LogP contribution in [0, 0.1) is 5.92 Å². The number of sulfonamides is 1. The average Bonchev–Trinajstić information content (AvgIpc) is 3.00. The van der Waals surface area contributed by atoms with E-state index in [4.69, 9.17) is 5.73 Å². The highest BCUT2D eigenvalue weighted by Crippen LogP contribution is 2.34. The summed E-state index contributed by atoms with van der Waals surface area (Å²) < 4.78 is 26.3. The molecule has 0 aromatic carbocycles. The smallest absolute Gasteiger partial charge is 0.211 e. The average molecular weight is 248 g/mol. The predicted octanol–water partition coefficient (Wildman–Crippen LogP) is 1.22. The van der Waals surface area contributed by atoms with Crippen LogP contribution in [0.2, 0.25) is 0 Å². The van der Waals surface area contributed by atoms with Crippen molar-refractivity contribution in [1.82, 2.24) is 4.72 Å². The molecule has 16 heavy (non-hydrogen) atoms. The molecule has 3 N–H and O–H groups in total. The fourth-order valence-electron chi connectivity index (χ4n) is 1.80. The Kier molecular flexibility index (Phi) is 5.72. The molecule has 0 radical (unpaired) electrons. The standard InChI is InChI=1S/C11H24N2O2S/c1-2-11(9-10-5-6-10)13-16(14,15)8-4-3-7-12/h10-11,13H,2-9,12H2,1H3. The molecule has 1 aliphatic carbocycles. The quantitative estimate of drug-likeness (QED) is 0.603. The first-order valence-electron chi connectivity index (χ1n) is 6.27. The molecule has 0 heterocycles. The molecule has 1 atom stereocenters. The van der Waals surface area contributed by atoms with Crippen LogP contribution < -0.4 is 10.5 Å². The first-order valence-corrected chi connectivity index (χ1v) is 7.92. The third kappa shape index (κ3) is 5.82. The Hall–Kier alpha value is -0.130. The van der Waals surface area contributed by atoms with Crippen molar-refractivity contribution in [3.05, 3.63) is 0 Å². The Morgan fingerprint density at radius 3 is 2.56 bits per heavy atom. The molecule has 4 nitrogen and oxygen atoms in total. The van der Waals surface area contributed by atoms with Crippen LogP contribution in [0.25, 0.3) is 0 Å². The number of hydrogen-bond donors (Lipinski definition) is 2. The molecular weight excluding hydrogens is 224 g/mol. The van der Waals surface area contributed by atoms with E-state index in [2.05, 4.69) is 4.72 Å². The molecular formula is C11H24N2O2S. The highest BCUT2D eigenvalue weighted by atomic mass is 32.2. The van der Waals surface area contributed by atoms with Crippen LogP contribution >= 0.6 is 0 Å². The minimum Gasteiger partial charge on any atom is -0.330 e. The van der Waals surface area contributed by atoms with Crippen molar-refractivity contribution < 1.29 is 8.42 Å². The molecule has 1 aliphatic rings. The van der Waals surface area contributed by atoms with Gasteiger partial charge < -0.3 is 5.73 Å². The molecule has 0 aromatic rings. The topological polar surface area (TPSA) is 72.2 Å². The monoisotopic (exact) mass is 248 g/mol. The van der Waals surface area contributed by atoms with Crippen molar-refractivity contribution >= 4 is 10.0 Å². The predicted molar refractivity (Wildman–Crippen MR) is 66.6 cm³/mol. The Labute approximate surface area is 99.0 Å². The van der Waals surface area contributed by atoms with Crippen molar-refractivity contribution in [3.63, 3.8) is 0 Å². The molecule has 1 saturated carbocycles. The van der Waals surface area contributed by atoms with E-state index in [0.29, 0.717) is 13.0 Å². The minimum atomic E-state index is -3.09. The lowest BCUT2D eigenvalue weighted by Crippen LogP contribution is -2.36. The molecule has 0 aromatic heterocycles. The Balaban J connectivity index is 2.29. The summed E-state index contributed by atoms with van der Waals surface area (Å²) in [4.78, 5) is 0. The van der Waals surface area contributed by atoms with Crippen LogP contribution in [0.5, 0.6) is 0 Å². The molecule has 0 saturated heterocycles. The van der Waals surface area contributed by atoms with Crippen molar-refractivity contribution in [1.29, 1.82) is 0 Å². The van der Waals surface area contributed by atoms with Gasteiger partial charge in [0.2, 0.25) is 10.0 Å². The summed E-state index contributed by atoms with van der Waals surface area (Å²) in [5.41, 5.74) is 5.34. The molecule has 5 heteroatoms. The summed E-state index contributed by atoms with van der Waals surface area (Å²) in [6, 6.07) is 0.135. The molecule has 1 rings (SSSR count). The van der Waals surface area contributed by atoms with E-state index in [-0.39, 0.29) is 11.8 Å². The second-order valence-corrected chi connectivity index (χ2v) is 6.59. The van der Waals surface area contributed by atoms with Crippen molar-refractivity contribution in [2.75, 3.05) is 12.3 Å². The largest absolute Gasteiger partial charge is 0.330 e. The van der Waals surface area contributed by atoms with E-state index in [1.807, 2.05) is 6.92 Å². The van der Waals surface area contributed by atoms with Crippen LogP contribution in [-0.2, 0) is 10.0 Å². The van der Waals surface area contributed by atoms with E-state index in [1.165, 1.54) is 12.8 Å². The van der Waals surface area contributed by atoms with Crippen LogP contribution in [-0.4, -0.2) is 26.8 Å². The zero-order chi connectivity index (χ0) is 12.0. The van der Waals surface area contributed by atoms with Crippen molar-refractivity contribution in [2.24, 2.45) is 11.7 Å². The second kappa shape index (κ2) is 6.57. The van der Waals surface area contributed by atoms with Gasteiger partial charge in [-0.15, -0.1) is 0 Å². The summed E-state index contributed by atoms with van der Waals surface area (Å²) in [7, 11) is -3.09. The van der Waals surface area contributed by atoms with Gasteiger partial charge in [0.05, 0.1) is 5.75 Å². The van der Waals surface area contributed by atoms with Gasteiger partial charge in [-0.3, -0.25) is 0 Å². The van der Waals surface area contributed by atoms with Crippen molar-refractivity contribution in [3.8, 4) is 0 Å². The summed E-state index contributed by atoms with van der Waals surface area (Å²) in [5, 5.41) is 0. The maximum atomic E-state index is 11.7. The van der Waals surface area contributed by atoms with E-state index in [1.54, 1.807) is 0 Å². The summed E-state index contributed by atoms with van der Waals surface area (Å²) in [6.07, 6.45) is 5.86. The fraction of sp³-hybridized carbons (Fsp3) is 1.00. The molecule has 1 fully saturated rings. The van der Waals surface area contributed by atoms with Gasteiger partial charge in [-0.2, -0.15) is 0 Å². The normalized spacial score (nSPS) is 18.6. The van der Waals surface area contributed by atoms with E-state index in [9.17, 15) is 8.42 Å². The molecule has 96 valence electrons. The van der Waals surface area contributed by atoms with Crippen LogP contribution in [0.15, 0.2) is 0 Å². The molecule has 0 amide bonds. The van der Waals surface area contributed by atoms with Crippen molar-refractivity contribution in [2.45, 2.75) is 51.5 Å². The fourth-order valence-corrected chi connectivity index (χ4v) is 3.28. The molecule has 1 unspecified atom stereocenters. The van der Waals surface area contributed by atoms with Gasteiger partial charge in [0.15, 0.2) is 0 Å². The SMILES string of the molecule is CCC(CC1CC1)NS(=O)(=O)CCCCN. The third-order valence-electron chi connectivity index (χ3n) is 3.02. The number of unbranched alkanes of at least 4 members (excludes halogenated alkanes) is 1. The molecule has 0 bridgehead atoms. The molecule has 0 spiro atoms. The third-order valence-corrected chi connectivity index (χ3v) is 4.54. The van der Waals surface area contributed by atoms with Crippen LogP contribution in [0.4, 0.5) is 0 Å². The molecule has 0 aliphatic heterocycles. The van der Waals surface area contributed by atoms with Gasteiger partial charge in [0, 0.05) is 6.04 Å². The Morgan fingerprint density at radius 2 is 2.06 bits per heavy atom. The highest BCUT2D eigenvalue weighted by molar-refractivity contribution is 7.89. The summed E-state index contributed by atoms with van der Waals surface area (Å²) >= 11 is 0. The number of nitrogens with one attached hydrogen (secondary N) is 1. The first-order chi connectivity index (χ1) is 7.57. The zero-order valence-corrected chi connectivity index (χ0v) is 10.9. The van der Waals surface area contributed by atoms with Gasteiger partial charge in [-0.05, 0) is 38.1 Å². The highest BCUT2D eigenvalue weighted by Gasteiger charge is 2.26. The van der Waals surface area contributed by atoms with Crippen LogP contribution in [0.3, 0.4) is 0 Å². The summed E-state index contributed by atoms with van der Waals surface area (Å²) in [6.45, 7) is 2.60. The number of nitrogens with two attached hydrogens (primary N) is 1. The zero-order valence-electron chi connectivity index (χ0n) is 10.1. The summed E-state index contributed by atoms with van der Waals surface area (Å²) in [5.74, 6) is 0.974. The van der Waals surface area contributed by atoms with Gasteiger partial charge in [-0.25, -0.2) is 13.1 Å². The number of hydrogen-bond acceptors (Lipinski definition) is 3. The van der Waals surface area contributed by atoms with Gasteiger partial charge >= 0.3 is 0 Å². The first kappa shape index (κ1) is 13.9. The van der Waals surface area contributed by atoms with Gasteiger partial charge in [0.25, 0.3) is 0 Å². The van der Waals surface area contributed by atoms with E-state index in [0.717, 1.165) is 25.2 Å². The lowest BCUT2D eigenvalue weighted by atomic mass is 10.1. The minimum absolute atomic E-state index is 0.135. The lowest BCUT2D eigenvalue weighted by Gasteiger charge is -2.16. The van der Waals surface area contributed by atoms with Gasteiger partial charge in [-0.1, -0.05) is 19.8 Å². The Bertz CT molecular complexity index is 286. The van der Waals surface area contributed by atoms with E-state index < -0.39 is 10.0 Å². The maximum Gasteiger partial charge on any atom is 0.211 e. The number of rotatable bonds is 9. The maximum absolute atomic E-state index is 11.7. The Morgan fingerprint density at radius 1 is 1.38 bits per heavy atom. The van der Waals surface area contributed by atoms with Gasteiger partial charge in [0.1, 0.15) is 0 Å². The van der Waals surface area contributed by atoms with E-state index >= 15 is 0 Å². The second-order valence-electron chi connectivity index (χ2n) is 4.72.